The predicted molar refractivity (Wildman–Crippen MR) is 37.1 cm³/mol. The molecule has 0 atom stereocenters. The summed E-state index contributed by atoms with van der Waals surface area (Å²) in [6.07, 6.45) is 0.710. The summed E-state index contributed by atoms with van der Waals surface area (Å²) < 4.78 is 3.86. The fourth-order valence-corrected chi connectivity index (χ4v) is 1.40. The molecule has 0 saturated heterocycles. The molecule has 0 saturated carbocycles. The molecular formula is C5H10N2O2Sn. The summed E-state index contributed by atoms with van der Waals surface area (Å²) in [4.78, 5) is 19.2. The number of carbonyl (C=O) groups excluding carboxylic acids is 1. The van der Waals surface area contributed by atoms with E-state index in [4.69, 9.17) is 0 Å². The van der Waals surface area contributed by atoms with E-state index < -0.39 is 24.6 Å². The quantitative estimate of drug-likeness (QED) is 0.281. The summed E-state index contributed by atoms with van der Waals surface area (Å²) >= 11 is -2.23. The SMILES string of the molecule is [CH3][Sn]([CH3])([CH3])[N]=[N+]=CC(=O)[O-]. The van der Waals surface area contributed by atoms with Crippen LogP contribution in [0.25, 0.3) is 0 Å². The van der Waals surface area contributed by atoms with Gasteiger partial charge in [-0.3, -0.25) is 0 Å². The van der Waals surface area contributed by atoms with Crippen LogP contribution in [0.2, 0.25) is 14.8 Å². The van der Waals surface area contributed by atoms with Gasteiger partial charge in [-0.05, 0) is 0 Å². The molecule has 0 aliphatic carbocycles. The Labute approximate surface area is 63.9 Å². The van der Waals surface area contributed by atoms with E-state index in [1.54, 1.807) is 0 Å². The summed E-state index contributed by atoms with van der Waals surface area (Å²) in [5.74, 6) is -1.29. The minimum absolute atomic E-state index is 0.710. The Morgan fingerprint density at radius 2 is 2.10 bits per heavy atom. The Morgan fingerprint density at radius 1 is 1.60 bits per heavy atom. The molecule has 5 heteroatoms. The number of carboxylic acid groups (broad SMARTS) is 1. The Morgan fingerprint density at radius 3 is 2.40 bits per heavy atom. The van der Waals surface area contributed by atoms with E-state index in [-0.39, 0.29) is 0 Å². The summed E-state index contributed by atoms with van der Waals surface area (Å²) in [7, 11) is 0. The normalized spacial score (nSPS) is 9.90. The van der Waals surface area contributed by atoms with Gasteiger partial charge in [0, 0.05) is 0 Å². The van der Waals surface area contributed by atoms with Crippen LogP contribution in [-0.4, -0.2) is 35.6 Å². The van der Waals surface area contributed by atoms with Crippen molar-refractivity contribution in [3.05, 3.63) is 0 Å². The van der Waals surface area contributed by atoms with Crippen molar-refractivity contribution in [1.82, 2.24) is 0 Å². The van der Waals surface area contributed by atoms with Gasteiger partial charge in [0.1, 0.15) is 0 Å². The molecule has 0 fully saturated rings. The molecule has 0 rings (SSSR count). The first-order valence-electron chi connectivity index (χ1n) is 2.88. The second-order valence-electron chi connectivity index (χ2n) is 2.83. The first kappa shape index (κ1) is 9.65. The zero-order valence-electron chi connectivity index (χ0n) is 6.29. The van der Waals surface area contributed by atoms with Crippen molar-refractivity contribution in [3.63, 3.8) is 0 Å². The van der Waals surface area contributed by atoms with E-state index in [1.807, 2.05) is 14.8 Å². The van der Waals surface area contributed by atoms with Crippen molar-refractivity contribution < 1.29 is 14.7 Å². The maximum atomic E-state index is 9.79. The number of carboxylic acids is 1. The van der Waals surface area contributed by atoms with E-state index in [0.717, 1.165) is 0 Å². The van der Waals surface area contributed by atoms with Crippen molar-refractivity contribution in [2.45, 2.75) is 14.8 Å². The Hall–Kier alpha value is -0.351. The Bertz CT molecular complexity index is 188. The molecule has 0 radical (unpaired) electrons. The zero-order valence-corrected chi connectivity index (χ0v) is 9.14. The van der Waals surface area contributed by atoms with Gasteiger partial charge in [0.2, 0.25) is 0 Å². The maximum absolute atomic E-state index is 9.79. The Balaban J connectivity index is 4.12. The topological polar surface area (TPSA) is 66.6 Å². The first-order valence-corrected chi connectivity index (χ1v) is 12.7. The van der Waals surface area contributed by atoms with Gasteiger partial charge in [0.15, 0.2) is 0 Å². The molecule has 0 aliphatic heterocycles. The minimum atomic E-state index is -2.23. The van der Waals surface area contributed by atoms with Gasteiger partial charge >= 0.3 is 63.7 Å². The summed E-state index contributed by atoms with van der Waals surface area (Å²) in [5.41, 5.74) is 0. The van der Waals surface area contributed by atoms with Gasteiger partial charge in [-0.25, -0.2) is 0 Å². The van der Waals surface area contributed by atoms with Gasteiger partial charge < -0.3 is 0 Å². The molecule has 0 aromatic carbocycles. The monoisotopic (exact) mass is 250 g/mol. The number of nitrogens with zero attached hydrogens (tertiary/aromatic N) is 2. The van der Waals surface area contributed by atoms with E-state index in [9.17, 15) is 9.90 Å². The van der Waals surface area contributed by atoms with Gasteiger partial charge in [0.05, 0.1) is 0 Å². The molecule has 0 aromatic heterocycles. The zero-order chi connectivity index (χ0) is 8.20. The molecule has 0 heterocycles. The molecule has 10 heavy (non-hydrogen) atoms. The summed E-state index contributed by atoms with van der Waals surface area (Å²) in [6.45, 7) is 0. The number of carbonyl (C=O) groups is 1. The first-order chi connectivity index (χ1) is 4.42. The summed E-state index contributed by atoms with van der Waals surface area (Å²) in [5, 5.41) is 9.79. The molecule has 4 nitrogen and oxygen atoms in total. The predicted octanol–water partition coefficient (Wildman–Crippen LogP) is -0.698. The van der Waals surface area contributed by atoms with Crippen LogP contribution in [-0.2, 0) is 4.79 Å². The standard InChI is InChI=1S/C2H2N2O2.3CH3.Sn/c3-4-1-2(5)6;;;;/h1H,(H,5,6);3*1H3;/q;;;;+1/p-1. The molecule has 56 valence electrons. The van der Waals surface area contributed by atoms with E-state index >= 15 is 0 Å². The van der Waals surface area contributed by atoms with Crippen molar-refractivity contribution >= 4 is 30.8 Å². The third-order valence-corrected chi connectivity index (χ3v) is 2.56. The molecule has 0 N–H and O–H groups in total. The third kappa shape index (κ3) is 7.65. The fraction of sp³-hybridized carbons (Fsp3) is 0.600. The second-order valence-corrected chi connectivity index (χ2v) is 15.8. The molecule has 0 bridgehead atoms. The van der Waals surface area contributed by atoms with Crippen LogP contribution >= 0.6 is 0 Å². The molecule has 0 aliphatic rings. The molecule has 0 aromatic rings. The van der Waals surface area contributed by atoms with E-state index in [1.165, 1.54) is 0 Å². The Kier molecular flexibility index (Phi) is 3.60. The molecular weight excluding hydrogens is 239 g/mol. The van der Waals surface area contributed by atoms with Crippen LogP contribution in [0.3, 0.4) is 0 Å². The van der Waals surface area contributed by atoms with Gasteiger partial charge in [-0.2, -0.15) is 0 Å². The van der Waals surface area contributed by atoms with Crippen LogP contribution < -0.4 is 5.11 Å². The molecule has 0 unspecified atom stereocenters. The van der Waals surface area contributed by atoms with Crippen LogP contribution in [0.5, 0.6) is 0 Å². The number of hydrogen-bond donors (Lipinski definition) is 0. The van der Waals surface area contributed by atoms with Crippen molar-refractivity contribution in [3.8, 4) is 0 Å². The fourth-order valence-electron chi connectivity index (χ4n) is 0.249. The van der Waals surface area contributed by atoms with Gasteiger partial charge in [-0.15, -0.1) is 0 Å². The third-order valence-electron chi connectivity index (χ3n) is 0.521. The number of aliphatic carboxylic acids is 1. The van der Waals surface area contributed by atoms with Crippen molar-refractivity contribution in [2.75, 3.05) is 0 Å². The molecule has 0 amide bonds. The average Bonchev–Trinajstić information content (AvgIpc) is 1.59. The number of hydrogen-bond acceptors (Lipinski definition) is 3. The van der Waals surface area contributed by atoms with Crippen LogP contribution in [0.1, 0.15) is 0 Å². The van der Waals surface area contributed by atoms with E-state index in [2.05, 4.69) is 8.13 Å². The number of rotatable bonds is 2. The van der Waals surface area contributed by atoms with Crippen LogP contribution in [0.15, 0.2) is 3.34 Å². The van der Waals surface area contributed by atoms with Gasteiger partial charge in [0.25, 0.3) is 0 Å². The van der Waals surface area contributed by atoms with Gasteiger partial charge in [-0.1, -0.05) is 0 Å². The van der Waals surface area contributed by atoms with Crippen molar-refractivity contribution in [2.24, 2.45) is 3.34 Å². The molecule has 0 spiro atoms. The van der Waals surface area contributed by atoms with Crippen LogP contribution in [0, 0.1) is 0 Å². The summed E-state index contributed by atoms with van der Waals surface area (Å²) in [6, 6.07) is 0. The van der Waals surface area contributed by atoms with E-state index in [0.29, 0.717) is 6.21 Å². The van der Waals surface area contributed by atoms with Crippen LogP contribution in [0.4, 0.5) is 0 Å². The van der Waals surface area contributed by atoms with Crippen molar-refractivity contribution in [1.29, 1.82) is 0 Å². The average molecular weight is 249 g/mol. The second kappa shape index (κ2) is 3.73.